The number of methoxy groups -OCH3 is 1. The molecule has 0 aliphatic carbocycles. The highest BCUT2D eigenvalue weighted by Crippen LogP contribution is 2.19. The number of rotatable bonds is 7. The number of guanidine groups is 1. The van der Waals surface area contributed by atoms with E-state index in [1.54, 1.807) is 14.2 Å². The van der Waals surface area contributed by atoms with Gasteiger partial charge in [0.15, 0.2) is 5.96 Å². The molecule has 0 saturated carbocycles. The second kappa shape index (κ2) is 12.8. The van der Waals surface area contributed by atoms with Crippen LogP contribution in [0.2, 0.25) is 0 Å². The van der Waals surface area contributed by atoms with Crippen molar-refractivity contribution in [2.75, 3.05) is 33.8 Å². The first-order valence-corrected chi connectivity index (χ1v) is 10.3. The molecule has 1 heterocycles. The van der Waals surface area contributed by atoms with Crippen LogP contribution in [0, 0.1) is 17.6 Å². The van der Waals surface area contributed by atoms with Gasteiger partial charge in [-0.15, -0.1) is 24.0 Å². The quantitative estimate of drug-likeness (QED) is 0.312. The molecular weight excluding hydrogens is 513 g/mol. The summed E-state index contributed by atoms with van der Waals surface area (Å²) in [6, 6.07) is 11.7. The number of likely N-dealkylation sites (tertiary alicyclic amines) is 1. The zero-order valence-corrected chi connectivity index (χ0v) is 20.4. The van der Waals surface area contributed by atoms with Gasteiger partial charge in [-0.3, -0.25) is 9.89 Å². The lowest BCUT2D eigenvalue weighted by Crippen LogP contribution is -2.42. The highest BCUT2D eigenvalue weighted by molar-refractivity contribution is 14.0. The van der Waals surface area contributed by atoms with Crippen LogP contribution >= 0.6 is 24.0 Å². The average Bonchev–Trinajstić information content (AvgIpc) is 2.77. The first-order chi connectivity index (χ1) is 14.6. The van der Waals surface area contributed by atoms with Crippen LogP contribution in [0.5, 0.6) is 5.75 Å². The van der Waals surface area contributed by atoms with Gasteiger partial charge in [-0.25, -0.2) is 8.78 Å². The Bertz CT molecular complexity index is 840. The molecule has 0 amide bonds. The number of nitrogens with one attached hydrogen (secondary N) is 2. The molecule has 0 aromatic heterocycles. The van der Waals surface area contributed by atoms with Crippen molar-refractivity contribution in [2.45, 2.75) is 25.9 Å². The number of ether oxygens (including phenoxy) is 1. The van der Waals surface area contributed by atoms with Gasteiger partial charge in [0.2, 0.25) is 0 Å². The number of halogens is 3. The van der Waals surface area contributed by atoms with E-state index in [-0.39, 0.29) is 36.1 Å². The smallest absolute Gasteiger partial charge is 0.191 e. The largest absolute Gasteiger partial charge is 0.497 e. The van der Waals surface area contributed by atoms with Crippen molar-refractivity contribution in [3.8, 4) is 5.75 Å². The lowest BCUT2D eigenvalue weighted by molar-refractivity contribution is 0.178. The summed E-state index contributed by atoms with van der Waals surface area (Å²) in [5.41, 5.74) is 1.58. The Kier molecular flexibility index (Phi) is 10.5. The summed E-state index contributed by atoms with van der Waals surface area (Å²) in [5.74, 6) is 1.16. The van der Waals surface area contributed by atoms with Gasteiger partial charge in [-0.05, 0) is 67.7 Å². The Morgan fingerprint density at radius 3 is 2.45 bits per heavy atom. The van der Waals surface area contributed by atoms with Gasteiger partial charge in [-0.2, -0.15) is 0 Å². The van der Waals surface area contributed by atoms with Crippen LogP contribution in [-0.2, 0) is 13.1 Å². The van der Waals surface area contributed by atoms with Crippen molar-refractivity contribution < 1.29 is 13.5 Å². The summed E-state index contributed by atoms with van der Waals surface area (Å²) in [5, 5.41) is 6.37. The maximum absolute atomic E-state index is 13.8. The van der Waals surface area contributed by atoms with Crippen LogP contribution in [0.15, 0.2) is 47.5 Å². The Labute approximate surface area is 200 Å². The predicted octanol–water partition coefficient (Wildman–Crippen LogP) is 4.17. The molecule has 0 atom stereocenters. The van der Waals surface area contributed by atoms with E-state index in [0.29, 0.717) is 11.9 Å². The van der Waals surface area contributed by atoms with Gasteiger partial charge >= 0.3 is 0 Å². The lowest BCUT2D eigenvalue weighted by atomic mass is 9.96. The second-order valence-electron chi connectivity index (χ2n) is 7.61. The Hall–Kier alpha value is -1.94. The number of benzene rings is 2. The van der Waals surface area contributed by atoms with E-state index in [0.717, 1.165) is 56.9 Å². The van der Waals surface area contributed by atoms with E-state index in [1.165, 1.54) is 11.6 Å². The normalized spacial score (nSPS) is 15.3. The van der Waals surface area contributed by atoms with E-state index in [9.17, 15) is 8.78 Å². The SMILES string of the molecule is CN=C(NCc1cc(F)ccc1F)NCC1CCN(Cc2ccc(OC)cc2)CC1.I. The zero-order chi connectivity index (χ0) is 21.3. The van der Waals surface area contributed by atoms with Crippen molar-refractivity contribution in [1.29, 1.82) is 0 Å². The molecule has 31 heavy (non-hydrogen) atoms. The van der Waals surface area contributed by atoms with Gasteiger partial charge in [-0.1, -0.05) is 12.1 Å². The maximum atomic E-state index is 13.8. The summed E-state index contributed by atoms with van der Waals surface area (Å²) in [4.78, 5) is 6.65. The maximum Gasteiger partial charge on any atom is 0.191 e. The van der Waals surface area contributed by atoms with Gasteiger partial charge in [0.05, 0.1) is 7.11 Å². The molecule has 1 aliphatic rings. The van der Waals surface area contributed by atoms with Crippen molar-refractivity contribution in [3.05, 3.63) is 65.2 Å². The van der Waals surface area contributed by atoms with E-state index in [1.807, 2.05) is 12.1 Å². The van der Waals surface area contributed by atoms with Crippen molar-refractivity contribution in [2.24, 2.45) is 10.9 Å². The third-order valence-electron chi connectivity index (χ3n) is 5.51. The van der Waals surface area contributed by atoms with Crippen LogP contribution in [0.4, 0.5) is 8.78 Å². The highest BCUT2D eigenvalue weighted by atomic mass is 127. The molecular formula is C23H31F2IN4O. The molecule has 2 aromatic carbocycles. The monoisotopic (exact) mass is 544 g/mol. The molecule has 1 fully saturated rings. The first-order valence-electron chi connectivity index (χ1n) is 10.3. The van der Waals surface area contributed by atoms with Crippen molar-refractivity contribution in [1.82, 2.24) is 15.5 Å². The minimum Gasteiger partial charge on any atom is -0.497 e. The van der Waals surface area contributed by atoms with Crippen molar-refractivity contribution >= 4 is 29.9 Å². The van der Waals surface area contributed by atoms with Crippen LogP contribution in [-0.4, -0.2) is 44.7 Å². The second-order valence-corrected chi connectivity index (χ2v) is 7.61. The Morgan fingerprint density at radius 2 is 1.81 bits per heavy atom. The number of nitrogens with zero attached hydrogens (tertiary/aromatic N) is 2. The van der Waals surface area contributed by atoms with E-state index in [2.05, 4.69) is 32.7 Å². The molecule has 5 nitrogen and oxygen atoms in total. The molecule has 3 rings (SSSR count). The third kappa shape index (κ3) is 7.92. The van der Waals surface area contributed by atoms with E-state index >= 15 is 0 Å². The van der Waals surface area contributed by atoms with Gasteiger partial charge in [0.25, 0.3) is 0 Å². The van der Waals surface area contributed by atoms with Gasteiger partial charge in [0.1, 0.15) is 17.4 Å². The van der Waals surface area contributed by atoms with Crippen LogP contribution in [0.3, 0.4) is 0 Å². The average molecular weight is 544 g/mol. The number of hydrogen-bond donors (Lipinski definition) is 2. The molecule has 8 heteroatoms. The predicted molar refractivity (Wildman–Crippen MR) is 131 cm³/mol. The topological polar surface area (TPSA) is 48.9 Å². The summed E-state index contributed by atoms with van der Waals surface area (Å²) in [6.07, 6.45) is 2.22. The van der Waals surface area contributed by atoms with Crippen LogP contribution in [0.25, 0.3) is 0 Å². The fraction of sp³-hybridized carbons (Fsp3) is 0.435. The fourth-order valence-electron chi connectivity index (χ4n) is 3.66. The standard InChI is InChI=1S/C23H30F2N4O.HI/c1-26-23(28-15-19-13-20(24)5-8-22(19)25)27-14-17-9-11-29(12-10-17)16-18-3-6-21(30-2)7-4-18;/h3-8,13,17H,9-12,14-16H2,1-2H3,(H2,26,27,28);1H. The molecule has 170 valence electrons. The molecule has 1 saturated heterocycles. The fourth-order valence-corrected chi connectivity index (χ4v) is 3.66. The number of hydrogen-bond acceptors (Lipinski definition) is 3. The van der Waals surface area contributed by atoms with Crippen LogP contribution < -0.4 is 15.4 Å². The molecule has 2 aromatic rings. The Balaban J connectivity index is 0.00000341. The van der Waals surface area contributed by atoms with E-state index in [4.69, 9.17) is 4.74 Å². The third-order valence-corrected chi connectivity index (χ3v) is 5.51. The highest BCUT2D eigenvalue weighted by Gasteiger charge is 2.19. The van der Waals surface area contributed by atoms with Crippen molar-refractivity contribution in [3.63, 3.8) is 0 Å². The summed E-state index contributed by atoms with van der Waals surface area (Å²) in [7, 11) is 3.35. The number of piperidine rings is 1. The summed E-state index contributed by atoms with van der Waals surface area (Å²) in [6.45, 7) is 4.05. The molecule has 0 spiro atoms. The molecule has 0 unspecified atom stereocenters. The Morgan fingerprint density at radius 1 is 1.10 bits per heavy atom. The molecule has 1 aliphatic heterocycles. The molecule has 0 bridgehead atoms. The minimum absolute atomic E-state index is 0. The van der Waals surface area contributed by atoms with Crippen LogP contribution in [0.1, 0.15) is 24.0 Å². The van der Waals surface area contributed by atoms with E-state index < -0.39 is 11.6 Å². The number of aliphatic imine (C=N–C) groups is 1. The molecule has 2 N–H and O–H groups in total. The summed E-state index contributed by atoms with van der Waals surface area (Å²) < 4.78 is 32.3. The summed E-state index contributed by atoms with van der Waals surface area (Å²) >= 11 is 0. The zero-order valence-electron chi connectivity index (χ0n) is 18.0. The lowest BCUT2D eigenvalue weighted by Gasteiger charge is -2.32. The van der Waals surface area contributed by atoms with Gasteiger partial charge in [0, 0.05) is 32.2 Å². The minimum atomic E-state index is -0.447. The van der Waals surface area contributed by atoms with Gasteiger partial charge < -0.3 is 15.4 Å². The molecule has 0 radical (unpaired) electrons. The first kappa shape index (κ1) is 25.3.